The van der Waals surface area contributed by atoms with Crippen molar-refractivity contribution < 1.29 is 14.3 Å². The highest BCUT2D eigenvalue weighted by Crippen LogP contribution is 2.25. The second kappa shape index (κ2) is 4.08. The summed E-state index contributed by atoms with van der Waals surface area (Å²) in [5.41, 5.74) is 0.165. The number of furan rings is 1. The molecule has 2 rings (SSSR count). The van der Waals surface area contributed by atoms with Gasteiger partial charge in [-0.15, -0.1) is 0 Å². The van der Waals surface area contributed by atoms with Gasteiger partial charge >= 0.3 is 5.97 Å². The topological polar surface area (TPSA) is 75.4 Å². The molecule has 2 heterocycles. The summed E-state index contributed by atoms with van der Waals surface area (Å²) in [6, 6.07) is 3.58. The third-order valence-corrected chi connectivity index (χ3v) is 2.43. The summed E-state index contributed by atoms with van der Waals surface area (Å²) in [4.78, 5) is 14.9. The van der Waals surface area contributed by atoms with E-state index in [0.29, 0.717) is 5.82 Å². The van der Waals surface area contributed by atoms with E-state index in [1.807, 2.05) is 19.9 Å². The van der Waals surface area contributed by atoms with Crippen LogP contribution in [0.2, 0.25) is 0 Å². The predicted molar refractivity (Wildman–Crippen MR) is 64.0 cm³/mol. The summed E-state index contributed by atoms with van der Waals surface area (Å²) in [5, 5.41) is 12.8. The summed E-state index contributed by atoms with van der Waals surface area (Å²) in [6.45, 7) is 3.64. The maximum atomic E-state index is 10.7. The van der Waals surface area contributed by atoms with E-state index in [4.69, 9.17) is 9.52 Å². The predicted octanol–water partition coefficient (Wildman–Crippen LogP) is 2.49. The number of aliphatic carboxylic acids is 1. The Bertz CT molecular complexity index is 545. The molecule has 0 saturated carbocycles. The highest BCUT2D eigenvalue weighted by molar-refractivity contribution is 5.88. The van der Waals surface area contributed by atoms with E-state index in [-0.39, 0.29) is 6.42 Å². The van der Waals surface area contributed by atoms with E-state index in [1.165, 1.54) is 0 Å². The van der Waals surface area contributed by atoms with Crippen molar-refractivity contribution in [3.63, 3.8) is 0 Å². The van der Waals surface area contributed by atoms with Crippen LogP contribution < -0.4 is 5.32 Å². The Balaban J connectivity index is 2.29. The lowest BCUT2D eigenvalue weighted by atomic mass is 10.0. The Hall–Kier alpha value is -2.04. The minimum Gasteiger partial charge on any atom is -0.481 e. The number of aromatic nitrogens is 1. The standard InChI is InChI=1S/C12H14N2O3/c1-12(2,7-10(15)16)14-11-8-4-6-17-9(8)3-5-13-11/h3-6H,7H2,1-2H3,(H,13,14)(H,15,16). The van der Waals surface area contributed by atoms with Crippen molar-refractivity contribution in [2.75, 3.05) is 5.32 Å². The van der Waals surface area contributed by atoms with Gasteiger partial charge in [-0.3, -0.25) is 4.79 Å². The number of fused-ring (bicyclic) bond motifs is 1. The minimum atomic E-state index is -0.845. The molecule has 0 aromatic carbocycles. The highest BCUT2D eigenvalue weighted by Gasteiger charge is 2.22. The average molecular weight is 234 g/mol. The number of carbonyl (C=O) groups is 1. The second-order valence-electron chi connectivity index (χ2n) is 4.57. The summed E-state index contributed by atoms with van der Waals surface area (Å²) < 4.78 is 5.26. The van der Waals surface area contributed by atoms with Gasteiger partial charge in [0.1, 0.15) is 11.4 Å². The van der Waals surface area contributed by atoms with E-state index in [2.05, 4.69) is 10.3 Å². The van der Waals surface area contributed by atoms with Gasteiger partial charge in [0.2, 0.25) is 0 Å². The Kier molecular flexibility index (Phi) is 2.75. The van der Waals surface area contributed by atoms with Crippen LogP contribution in [0.25, 0.3) is 11.0 Å². The number of rotatable bonds is 4. The molecule has 0 bridgehead atoms. The van der Waals surface area contributed by atoms with Crippen LogP contribution >= 0.6 is 0 Å². The van der Waals surface area contributed by atoms with Crippen molar-refractivity contribution in [2.45, 2.75) is 25.8 Å². The van der Waals surface area contributed by atoms with Crippen LogP contribution in [0.4, 0.5) is 5.82 Å². The van der Waals surface area contributed by atoms with Crippen LogP contribution in [0.1, 0.15) is 20.3 Å². The van der Waals surface area contributed by atoms with E-state index in [1.54, 1.807) is 18.5 Å². The minimum absolute atomic E-state index is 0.0168. The van der Waals surface area contributed by atoms with Crippen molar-refractivity contribution in [1.29, 1.82) is 0 Å². The Morgan fingerprint density at radius 1 is 1.53 bits per heavy atom. The van der Waals surface area contributed by atoms with Gasteiger partial charge in [-0.1, -0.05) is 0 Å². The van der Waals surface area contributed by atoms with Crippen molar-refractivity contribution in [3.05, 3.63) is 24.6 Å². The van der Waals surface area contributed by atoms with Crippen LogP contribution in [0.3, 0.4) is 0 Å². The number of nitrogens with zero attached hydrogens (tertiary/aromatic N) is 1. The summed E-state index contributed by atoms with van der Waals surface area (Å²) in [7, 11) is 0. The lowest BCUT2D eigenvalue weighted by molar-refractivity contribution is -0.137. The number of pyridine rings is 1. The van der Waals surface area contributed by atoms with Gasteiger partial charge in [-0.25, -0.2) is 4.98 Å². The molecule has 0 aliphatic heterocycles. The molecule has 0 fully saturated rings. The zero-order chi connectivity index (χ0) is 12.5. The first-order valence-electron chi connectivity index (χ1n) is 5.30. The van der Waals surface area contributed by atoms with Crippen LogP contribution in [0.5, 0.6) is 0 Å². The van der Waals surface area contributed by atoms with E-state index in [9.17, 15) is 4.79 Å². The maximum absolute atomic E-state index is 10.7. The SMILES string of the molecule is CC(C)(CC(=O)O)Nc1nccc2occc12. The molecule has 2 aromatic rings. The van der Waals surface area contributed by atoms with Crippen molar-refractivity contribution in [2.24, 2.45) is 0 Å². The number of hydrogen-bond acceptors (Lipinski definition) is 4. The molecule has 0 radical (unpaired) electrons. The normalized spacial score (nSPS) is 11.6. The molecule has 2 aromatic heterocycles. The van der Waals surface area contributed by atoms with Gasteiger partial charge in [0.25, 0.3) is 0 Å². The molecule has 0 atom stereocenters. The molecule has 90 valence electrons. The first-order chi connectivity index (χ1) is 7.98. The number of nitrogens with one attached hydrogen (secondary N) is 1. The molecule has 5 heteroatoms. The highest BCUT2D eigenvalue weighted by atomic mass is 16.4. The lowest BCUT2D eigenvalue weighted by Gasteiger charge is -2.25. The van der Waals surface area contributed by atoms with E-state index in [0.717, 1.165) is 11.0 Å². The zero-order valence-corrected chi connectivity index (χ0v) is 9.73. The van der Waals surface area contributed by atoms with Crippen LogP contribution in [0.15, 0.2) is 29.0 Å². The molecule has 0 saturated heterocycles. The summed E-state index contributed by atoms with van der Waals surface area (Å²) in [6.07, 6.45) is 3.23. The second-order valence-corrected chi connectivity index (χ2v) is 4.57. The third-order valence-electron chi connectivity index (χ3n) is 2.43. The molecule has 0 aliphatic rings. The molecule has 17 heavy (non-hydrogen) atoms. The van der Waals surface area contributed by atoms with Crippen molar-refractivity contribution in [1.82, 2.24) is 4.98 Å². The van der Waals surface area contributed by atoms with Gasteiger partial charge in [0.15, 0.2) is 0 Å². The van der Waals surface area contributed by atoms with Crippen LogP contribution in [-0.4, -0.2) is 21.6 Å². The monoisotopic (exact) mass is 234 g/mol. The quantitative estimate of drug-likeness (QED) is 0.850. The first kappa shape index (κ1) is 11.4. The molecular weight excluding hydrogens is 220 g/mol. The summed E-state index contributed by atoms with van der Waals surface area (Å²) >= 11 is 0. The average Bonchev–Trinajstić information content (AvgIpc) is 2.63. The molecule has 5 nitrogen and oxygen atoms in total. The van der Waals surface area contributed by atoms with Gasteiger partial charge in [0.05, 0.1) is 18.1 Å². The Morgan fingerprint density at radius 2 is 2.29 bits per heavy atom. The lowest BCUT2D eigenvalue weighted by Crippen LogP contribution is -2.34. The van der Waals surface area contributed by atoms with Crippen LogP contribution in [0, 0.1) is 0 Å². The molecular formula is C12H14N2O3. The molecule has 0 unspecified atom stereocenters. The molecule has 0 aliphatic carbocycles. The number of carboxylic acids is 1. The Morgan fingerprint density at radius 3 is 3.00 bits per heavy atom. The number of carboxylic acid groups (broad SMARTS) is 1. The summed E-state index contributed by atoms with van der Waals surface area (Å²) in [5.74, 6) is -0.204. The van der Waals surface area contributed by atoms with Crippen LogP contribution in [-0.2, 0) is 4.79 Å². The fourth-order valence-corrected chi connectivity index (χ4v) is 1.74. The zero-order valence-electron chi connectivity index (χ0n) is 9.73. The largest absolute Gasteiger partial charge is 0.481 e. The number of hydrogen-bond donors (Lipinski definition) is 2. The van der Waals surface area contributed by atoms with Gasteiger partial charge in [0, 0.05) is 11.7 Å². The third kappa shape index (κ3) is 2.55. The van der Waals surface area contributed by atoms with Crippen molar-refractivity contribution in [3.8, 4) is 0 Å². The fraction of sp³-hybridized carbons (Fsp3) is 0.333. The van der Waals surface area contributed by atoms with E-state index < -0.39 is 11.5 Å². The van der Waals surface area contributed by atoms with Crippen molar-refractivity contribution >= 4 is 22.8 Å². The molecule has 0 spiro atoms. The first-order valence-corrected chi connectivity index (χ1v) is 5.30. The smallest absolute Gasteiger partial charge is 0.305 e. The van der Waals surface area contributed by atoms with Gasteiger partial charge < -0.3 is 14.8 Å². The molecule has 2 N–H and O–H groups in total. The number of anilines is 1. The van der Waals surface area contributed by atoms with Gasteiger partial charge in [-0.2, -0.15) is 0 Å². The Labute approximate surface area is 98.5 Å². The molecule has 0 amide bonds. The fourth-order valence-electron chi connectivity index (χ4n) is 1.74. The maximum Gasteiger partial charge on any atom is 0.305 e. The van der Waals surface area contributed by atoms with Gasteiger partial charge in [-0.05, 0) is 26.0 Å². The van der Waals surface area contributed by atoms with E-state index >= 15 is 0 Å².